The van der Waals surface area contributed by atoms with E-state index in [1.807, 2.05) is 31.2 Å². The van der Waals surface area contributed by atoms with Crippen molar-refractivity contribution in [1.29, 1.82) is 0 Å². The molecule has 110 valence electrons. The first kappa shape index (κ1) is 16.2. The summed E-state index contributed by atoms with van der Waals surface area (Å²) >= 11 is 0. The van der Waals surface area contributed by atoms with Gasteiger partial charge in [-0.25, -0.2) is 0 Å². The van der Waals surface area contributed by atoms with Gasteiger partial charge in [-0.15, -0.1) is 0 Å². The van der Waals surface area contributed by atoms with Gasteiger partial charge in [-0.2, -0.15) is 0 Å². The predicted molar refractivity (Wildman–Crippen MR) is 82.9 cm³/mol. The largest absolute Gasteiger partial charge is 0.380 e. The second-order valence-electron chi connectivity index (χ2n) is 4.49. The minimum atomic E-state index is 0.368. The van der Waals surface area contributed by atoms with E-state index >= 15 is 0 Å². The summed E-state index contributed by atoms with van der Waals surface area (Å²) in [5, 5.41) is 3.07. The first-order chi connectivity index (χ1) is 9.63. The van der Waals surface area contributed by atoms with Crippen LogP contribution < -0.4 is 11.1 Å². The molecule has 0 aliphatic rings. The zero-order valence-electron chi connectivity index (χ0n) is 12.2. The number of aliphatic imine (C=N–C) groups is 1. The van der Waals surface area contributed by atoms with Gasteiger partial charge < -0.3 is 20.5 Å². The van der Waals surface area contributed by atoms with Crippen molar-refractivity contribution in [3.05, 3.63) is 42.0 Å². The summed E-state index contributed by atoms with van der Waals surface area (Å²) in [6, 6.07) is 7.81. The van der Waals surface area contributed by atoms with Gasteiger partial charge in [0.15, 0.2) is 5.96 Å². The molecule has 0 spiro atoms. The first-order valence-corrected chi connectivity index (χ1v) is 6.49. The van der Waals surface area contributed by atoms with Crippen LogP contribution in [-0.4, -0.2) is 32.8 Å². The quantitative estimate of drug-likeness (QED) is 0.331. The highest BCUT2D eigenvalue weighted by Gasteiger charge is 2.02. The summed E-state index contributed by atoms with van der Waals surface area (Å²) in [7, 11) is 1.66. The molecule has 0 radical (unpaired) electrons. The maximum absolute atomic E-state index is 5.84. The molecule has 0 atom stereocenters. The lowest BCUT2D eigenvalue weighted by Crippen LogP contribution is -2.24. The van der Waals surface area contributed by atoms with E-state index in [1.54, 1.807) is 7.11 Å². The van der Waals surface area contributed by atoms with Gasteiger partial charge in [0.1, 0.15) is 0 Å². The minimum absolute atomic E-state index is 0.368. The number of nitrogens with zero attached hydrogens (tertiary/aromatic N) is 1. The zero-order chi connectivity index (χ0) is 14.8. The number of rotatable bonds is 8. The molecule has 5 heteroatoms. The van der Waals surface area contributed by atoms with Crippen molar-refractivity contribution < 1.29 is 9.47 Å². The van der Waals surface area contributed by atoms with Crippen LogP contribution in [0.15, 0.2) is 41.4 Å². The molecule has 0 saturated heterocycles. The molecular weight excluding hydrogens is 254 g/mol. The Morgan fingerprint density at radius 2 is 2.15 bits per heavy atom. The molecule has 1 rings (SSSR count). The van der Waals surface area contributed by atoms with E-state index in [0.29, 0.717) is 32.3 Å². The Bertz CT molecular complexity index is 458. The van der Waals surface area contributed by atoms with E-state index in [4.69, 9.17) is 15.2 Å². The monoisotopic (exact) mass is 277 g/mol. The molecule has 0 aromatic heterocycles. The third-order valence-electron chi connectivity index (χ3n) is 2.45. The first-order valence-electron chi connectivity index (χ1n) is 6.49. The molecule has 3 N–H and O–H groups in total. The van der Waals surface area contributed by atoms with Gasteiger partial charge in [-0.3, -0.25) is 4.99 Å². The number of methoxy groups -OCH3 is 1. The summed E-state index contributed by atoms with van der Waals surface area (Å²) < 4.78 is 10.5. The van der Waals surface area contributed by atoms with Gasteiger partial charge in [0.2, 0.25) is 0 Å². The third-order valence-corrected chi connectivity index (χ3v) is 2.45. The molecular formula is C15H23N3O2. The van der Waals surface area contributed by atoms with Crippen LogP contribution in [0.25, 0.3) is 0 Å². The van der Waals surface area contributed by atoms with E-state index < -0.39 is 0 Å². The molecule has 0 aliphatic carbocycles. The van der Waals surface area contributed by atoms with Crippen LogP contribution >= 0.6 is 0 Å². The fourth-order valence-corrected chi connectivity index (χ4v) is 1.58. The van der Waals surface area contributed by atoms with Crippen molar-refractivity contribution in [3.8, 4) is 0 Å². The number of para-hydroxylation sites is 1. The molecule has 5 nitrogen and oxygen atoms in total. The fraction of sp³-hybridized carbons (Fsp3) is 0.400. The van der Waals surface area contributed by atoms with Crippen LogP contribution in [0.4, 0.5) is 5.69 Å². The van der Waals surface area contributed by atoms with Crippen molar-refractivity contribution in [2.75, 3.05) is 32.2 Å². The molecule has 20 heavy (non-hydrogen) atoms. The van der Waals surface area contributed by atoms with Crippen LogP contribution in [0.5, 0.6) is 0 Å². The zero-order valence-corrected chi connectivity index (χ0v) is 12.2. The van der Waals surface area contributed by atoms with Crippen LogP contribution in [0.3, 0.4) is 0 Å². The number of anilines is 1. The van der Waals surface area contributed by atoms with Crippen molar-refractivity contribution in [2.45, 2.75) is 13.5 Å². The Balaban J connectivity index is 2.44. The number of guanidine groups is 1. The normalized spacial score (nSPS) is 11.4. The maximum Gasteiger partial charge on any atom is 0.193 e. The number of nitrogens with two attached hydrogens (primary N) is 1. The summed E-state index contributed by atoms with van der Waals surface area (Å²) in [6.07, 6.45) is 0. The lowest BCUT2D eigenvalue weighted by Gasteiger charge is -2.10. The van der Waals surface area contributed by atoms with E-state index in [1.165, 1.54) is 0 Å². The minimum Gasteiger partial charge on any atom is -0.380 e. The van der Waals surface area contributed by atoms with E-state index in [-0.39, 0.29) is 0 Å². The molecule has 1 aromatic carbocycles. The van der Waals surface area contributed by atoms with Crippen LogP contribution in [0.2, 0.25) is 0 Å². The summed E-state index contributed by atoms with van der Waals surface area (Å²) in [5.41, 5.74) is 8.77. The van der Waals surface area contributed by atoms with Gasteiger partial charge in [-0.05, 0) is 13.0 Å². The molecule has 1 aromatic rings. The van der Waals surface area contributed by atoms with Crippen molar-refractivity contribution in [2.24, 2.45) is 10.7 Å². The maximum atomic E-state index is 5.84. The summed E-state index contributed by atoms with van der Waals surface area (Å²) in [5.74, 6) is 0.368. The van der Waals surface area contributed by atoms with Crippen LogP contribution in [0, 0.1) is 0 Å². The second-order valence-corrected chi connectivity index (χ2v) is 4.49. The van der Waals surface area contributed by atoms with Gasteiger partial charge in [0.05, 0.1) is 26.4 Å². The fourth-order valence-electron chi connectivity index (χ4n) is 1.58. The average Bonchev–Trinajstić information content (AvgIpc) is 2.40. The van der Waals surface area contributed by atoms with Gasteiger partial charge in [0.25, 0.3) is 0 Å². The Morgan fingerprint density at radius 1 is 1.40 bits per heavy atom. The highest BCUT2D eigenvalue weighted by molar-refractivity contribution is 5.92. The van der Waals surface area contributed by atoms with Crippen molar-refractivity contribution in [1.82, 2.24) is 0 Å². The van der Waals surface area contributed by atoms with E-state index in [0.717, 1.165) is 16.8 Å². The molecule has 0 amide bonds. The predicted octanol–water partition coefficient (Wildman–Crippen LogP) is 2.15. The van der Waals surface area contributed by atoms with E-state index in [2.05, 4.69) is 16.9 Å². The van der Waals surface area contributed by atoms with E-state index in [9.17, 15) is 0 Å². The van der Waals surface area contributed by atoms with Gasteiger partial charge in [0, 0.05) is 18.4 Å². The highest BCUT2D eigenvalue weighted by atomic mass is 16.5. The Morgan fingerprint density at radius 3 is 2.85 bits per heavy atom. The van der Waals surface area contributed by atoms with Crippen LogP contribution in [0.1, 0.15) is 12.5 Å². The number of benzene rings is 1. The van der Waals surface area contributed by atoms with Crippen molar-refractivity contribution >= 4 is 11.6 Å². The Hall–Kier alpha value is -1.85. The number of hydrogen-bond acceptors (Lipinski definition) is 3. The highest BCUT2D eigenvalue weighted by Crippen LogP contribution is 2.15. The SMILES string of the molecule is C=C(C)COCCN=C(N)Nc1ccccc1COC. The average molecular weight is 277 g/mol. The molecule has 0 aliphatic heterocycles. The van der Waals surface area contributed by atoms with Crippen LogP contribution in [-0.2, 0) is 16.1 Å². The number of ether oxygens (including phenoxy) is 2. The molecule has 0 fully saturated rings. The Kier molecular flexibility index (Phi) is 7.39. The van der Waals surface area contributed by atoms with Gasteiger partial charge in [-0.1, -0.05) is 30.4 Å². The smallest absolute Gasteiger partial charge is 0.193 e. The lowest BCUT2D eigenvalue weighted by molar-refractivity contribution is 0.165. The Labute approximate surface area is 120 Å². The van der Waals surface area contributed by atoms with Gasteiger partial charge >= 0.3 is 0 Å². The summed E-state index contributed by atoms with van der Waals surface area (Å²) in [4.78, 5) is 4.21. The second kappa shape index (κ2) is 9.12. The topological polar surface area (TPSA) is 68.9 Å². The summed E-state index contributed by atoms with van der Waals surface area (Å²) in [6.45, 7) is 7.80. The molecule has 0 heterocycles. The van der Waals surface area contributed by atoms with Crippen molar-refractivity contribution in [3.63, 3.8) is 0 Å². The molecule has 0 unspecified atom stereocenters. The number of nitrogens with one attached hydrogen (secondary N) is 1. The third kappa shape index (κ3) is 6.36. The lowest BCUT2D eigenvalue weighted by atomic mass is 10.2. The molecule has 0 bridgehead atoms. The standard InChI is InChI=1S/C15H23N3O2/c1-12(2)10-20-9-8-17-15(16)18-14-7-5-4-6-13(14)11-19-3/h4-7H,1,8-11H2,2-3H3,(H3,16,17,18). The number of hydrogen-bond donors (Lipinski definition) is 2. The molecule has 0 saturated carbocycles.